The molecular formula is C15H20ClNO2. The van der Waals surface area contributed by atoms with Crippen molar-refractivity contribution in [1.29, 1.82) is 0 Å². The molecule has 19 heavy (non-hydrogen) atoms. The molecule has 0 spiro atoms. The maximum absolute atomic E-state index is 10.0. The SMILES string of the molecule is CC(C)(O)C(CC1(c2ccc(Cl)cc2)CCC1)=NO. The fourth-order valence-electron chi connectivity index (χ4n) is 2.67. The fraction of sp³-hybridized carbons (Fsp3) is 0.533. The van der Waals surface area contributed by atoms with Gasteiger partial charge in [0, 0.05) is 16.9 Å². The maximum atomic E-state index is 10.0. The summed E-state index contributed by atoms with van der Waals surface area (Å²) in [5, 5.41) is 23.2. The van der Waals surface area contributed by atoms with Gasteiger partial charge in [-0.05, 0) is 44.4 Å². The Morgan fingerprint density at radius 2 is 1.89 bits per heavy atom. The van der Waals surface area contributed by atoms with Crippen molar-refractivity contribution < 1.29 is 10.3 Å². The number of hydrogen-bond donors (Lipinski definition) is 2. The fourth-order valence-corrected chi connectivity index (χ4v) is 2.80. The van der Waals surface area contributed by atoms with Crippen molar-refractivity contribution >= 4 is 17.3 Å². The summed E-state index contributed by atoms with van der Waals surface area (Å²) in [6.45, 7) is 3.30. The molecule has 0 radical (unpaired) electrons. The average Bonchev–Trinajstić information content (AvgIpc) is 2.28. The largest absolute Gasteiger partial charge is 0.411 e. The summed E-state index contributed by atoms with van der Waals surface area (Å²) >= 11 is 5.92. The van der Waals surface area contributed by atoms with Crippen LogP contribution in [-0.2, 0) is 5.41 Å². The van der Waals surface area contributed by atoms with Crippen LogP contribution in [0.2, 0.25) is 5.02 Å². The molecule has 2 rings (SSSR count). The Morgan fingerprint density at radius 1 is 1.32 bits per heavy atom. The average molecular weight is 282 g/mol. The molecule has 1 aromatic rings. The first-order chi connectivity index (χ1) is 8.87. The van der Waals surface area contributed by atoms with Crippen LogP contribution in [0.3, 0.4) is 0 Å². The Kier molecular flexibility index (Phi) is 3.88. The number of hydrogen-bond acceptors (Lipinski definition) is 3. The normalized spacial score (nSPS) is 19.1. The first-order valence-electron chi connectivity index (χ1n) is 6.57. The highest BCUT2D eigenvalue weighted by atomic mass is 35.5. The summed E-state index contributed by atoms with van der Waals surface area (Å²) in [7, 11) is 0. The van der Waals surface area contributed by atoms with Gasteiger partial charge in [-0.1, -0.05) is 35.3 Å². The van der Waals surface area contributed by atoms with Crippen molar-refractivity contribution in [1.82, 2.24) is 0 Å². The molecule has 0 saturated heterocycles. The Labute approximate surface area is 118 Å². The van der Waals surface area contributed by atoms with E-state index in [1.807, 2.05) is 24.3 Å². The lowest BCUT2D eigenvalue weighted by Crippen LogP contribution is -2.42. The molecule has 3 nitrogen and oxygen atoms in total. The highest BCUT2D eigenvalue weighted by Crippen LogP contribution is 2.47. The van der Waals surface area contributed by atoms with Crippen LogP contribution in [0.5, 0.6) is 0 Å². The Bertz CT molecular complexity index is 470. The smallest absolute Gasteiger partial charge is 0.100 e. The van der Waals surface area contributed by atoms with Gasteiger partial charge in [-0.15, -0.1) is 0 Å². The van der Waals surface area contributed by atoms with E-state index in [2.05, 4.69) is 5.16 Å². The summed E-state index contributed by atoms with van der Waals surface area (Å²) in [6, 6.07) is 7.83. The first-order valence-corrected chi connectivity index (χ1v) is 6.95. The minimum Gasteiger partial charge on any atom is -0.411 e. The Balaban J connectivity index is 2.26. The maximum Gasteiger partial charge on any atom is 0.100 e. The molecule has 1 aromatic carbocycles. The summed E-state index contributed by atoms with van der Waals surface area (Å²) in [5.74, 6) is 0. The number of nitrogens with zero attached hydrogens (tertiary/aromatic N) is 1. The van der Waals surface area contributed by atoms with Gasteiger partial charge in [0.15, 0.2) is 0 Å². The van der Waals surface area contributed by atoms with E-state index >= 15 is 0 Å². The summed E-state index contributed by atoms with van der Waals surface area (Å²) in [5.41, 5.74) is 0.520. The van der Waals surface area contributed by atoms with Crippen LogP contribution in [0.25, 0.3) is 0 Å². The van der Waals surface area contributed by atoms with E-state index < -0.39 is 5.60 Å². The molecule has 4 heteroatoms. The lowest BCUT2D eigenvalue weighted by Gasteiger charge is -2.44. The molecule has 0 amide bonds. The van der Waals surface area contributed by atoms with Crippen LogP contribution in [0, 0.1) is 0 Å². The van der Waals surface area contributed by atoms with E-state index in [9.17, 15) is 5.11 Å². The van der Waals surface area contributed by atoms with Crippen molar-refractivity contribution in [2.45, 2.75) is 50.5 Å². The van der Waals surface area contributed by atoms with Crippen molar-refractivity contribution in [3.8, 4) is 0 Å². The van der Waals surface area contributed by atoms with Gasteiger partial charge in [0.2, 0.25) is 0 Å². The number of oxime groups is 1. The molecule has 1 fully saturated rings. The van der Waals surface area contributed by atoms with Gasteiger partial charge in [0.25, 0.3) is 0 Å². The molecule has 104 valence electrons. The molecule has 0 atom stereocenters. The summed E-state index contributed by atoms with van der Waals surface area (Å²) < 4.78 is 0. The second-order valence-corrected chi connectivity index (χ2v) is 6.36. The minimum atomic E-state index is -1.09. The first kappa shape index (κ1) is 14.4. The second kappa shape index (κ2) is 5.14. The van der Waals surface area contributed by atoms with E-state index in [4.69, 9.17) is 16.8 Å². The Hall–Kier alpha value is -1.06. The minimum absolute atomic E-state index is 0.0217. The van der Waals surface area contributed by atoms with Crippen LogP contribution in [-0.4, -0.2) is 21.6 Å². The third kappa shape index (κ3) is 2.93. The van der Waals surface area contributed by atoms with Gasteiger partial charge in [0.05, 0.1) is 5.71 Å². The zero-order valence-corrected chi connectivity index (χ0v) is 12.1. The predicted molar refractivity (Wildman–Crippen MR) is 77.1 cm³/mol. The summed E-state index contributed by atoms with van der Waals surface area (Å²) in [6.07, 6.45) is 3.83. The van der Waals surface area contributed by atoms with Crippen LogP contribution in [0.15, 0.2) is 29.4 Å². The van der Waals surface area contributed by atoms with Gasteiger partial charge in [-0.2, -0.15) is 0 Å². The number of halogens is 1. The standard InChI is InChI=1S/C15H20ClNO2/c1-14(2,18)13(17-19)10-15(8-3-9-15)11-4-6-12(16)7-5-11/h4-7,18-19H,3,8-10H2,1-2H3. The highest BCUT2D eigenvalue weighted by Gasteiger charge is 2.42. The number of rotatable bonds is 4. The van der Waals surface area contributed by atoms with Crippen molar-refractivity contribution in [2.24, 2.45) is 5.16 Å². The Morgan fingerprint density at radius 3 is 2.26 bits per heavy atom. The molecule has 0 aromatic heterocycles. The highest BCUT2D eigenvalue weighted by molar-refractivity contribution is 6.30. The molecule has 0 heterocycles. The van der Waals surface area contributed by atoms with Crippen molar-refractivity contribution in [2.75, 3.05) is 0 Å². The lowest BCUT2D eigenvalue weighted by atomic mass is 9.61. The van der Waals surface area contributed by atoms with E-state index in [1.165, 1.54) is 5.56 Å². The van der Waals surface area contributed by atoms with Gasteiger partial charge in [-0.3, -0.25) is 0 Å². The van der Waals surface area contributed by atoms with E-state index in [0.29, 0.717) is 12.1 Å². The van der Waals surface area contributed by atoms with Crippen molar-refractivity contribution in [3.05, 3.63) is 34.9 Å². The topological polar surface area (TPSA) is 52.8 Å². The molecule has 0 aliphatic heterocycles. The molecule has 2 N–H and O–H groups in total. The second-order valence-electron chi connectivity index (χ2n) is 5.92. The van der Waals surface area contributed by atoms with Gasteiger partial charge in [-0.25, -0.2) is 0 Å². The third-order valence-corrected chi connectivity index (χ3v) is 4.35. The van der Waals surface area contributed by atoms with Gasteiger partial charge < -0.3 is 10.3 Å². The zero-order chi connectivity index (χ0) is 14.1. The molecule has 1 aliphatic rings. The van der Waals surface area contributed by atoms with E-state index in [1.54, 1.807) is 13.8 Å². The molecule has 1 aliphatic carbocycles. The quantitative estimate of drug-likeness (QED) is 0.502. The molecule has 0 unspecified atom stereocenters. The van der Waals surface area contributed by atoms with Crippen LogP contribution < -0.4 is 0 Å². The zero-order valence-electron chi connectivity index (χ0n) is 11.4. The molecular weight excluding hydrogens is 262 g/mol. The van der Waals surface area contributed by atoms with Crippen LogP contribution >= 0.6 is 11.6 Å². The van der Waals surface area contributed by atoms with E-state index in [0.717, 1.165) is 24.3 Å². The van der Waals surface area contributed by atoms with Crippen molar-refractivity contribution in [3.63, 3.8) is 0 Å². The van der Waals surface area contributed by atoms with E-state index in [-0.39, 0.29) is 5.41 Å². The van der Waals surface area contributed by atoms with Crippen LogP contribution in [0.1, 0.15) is 45.1 Å². The van der Waals surface area contributed by atoms with Gasteiger partial charge in [0.1, 0.15) is 5.60 Å². The number of aliphatic hydroxyl groups is 1. The third-order valence-electron chi connectivity index (χ3n) is 4.10. The summed E-state index contributed by atoms with van der Waals surface area (Å²) in [4.78, 5) is 0. The monoisotopic (exact) mass is 281 g/mol. The predicted octanol–water partition coefficient (Wildman–Crippen LogP) is 3.75. The van der Waals surface area contributed by atoms with Crippen LogP contribution in [0.4, 0.5) is 0 Å². The molecule has 0 bridgehead atoms. The molecule has 1 saturated carbocycles. The number of benzene rings is 1. The lowest BCUT2D eigenvalue weighted by molar-refractivity contribution is 0.137. The van der Waals surface area contributed by atoms with Gasteiger partial charge >= 0.3 is 0 Å².